The van der Waals surface area contributed by atoms with Crippen LogP contribution >= 0.6 is 38.9 Å². The number of amides is 1. The Balaban J connectivity index is 1.66. The molecule has 0 radical (unpaired) electrons. The second-order valence-corrected chi connectivity index (χ2v) is 9.53. The topological polar surface area (TPSA) is 58.1 Å². The number of thiazole rings is 1. The molecule has 0 saturated carbocycles. The van der Waals surface area contributed by atoms with Crippen LogP contribution in [0.4, 0.5) is 16.6 Å². The van der Waals surface area contributed by atoms with E-state index in [4.69, 9.17) is 11.6 Å². The molecule has 2 heterocycles. The van der Waals surface area contributed by atoms with Gasteiger partial charge in [0.15, 0.2) is 5.13 Å². The Morgan fingerprint density at radius 3 is 2.56 bits per heavy atom. The van der Waals surface area contributed by atoms with E-state index in [2.05, 4.69) is 31.2 Å². The van der Waals surface area contributed by atoms with Gasteiger partial charge in [-0.25, -0.2) is 9.97 Å². The fourth-order valence-electron chi connectivity index (χ4n) is 3.24. The average molecular weight is 528 g/mol. The van der Waals surface area contributed by atoms with Crippen LogP contribution in [0.15, 0.2) is 71.5 Å². The summed E-state index contributed by atoms with van der Waals surface area (Å²) < 4.78 is 0.717. The van der Waals surface area contributed by atoms with Crippen molar-refractivity contribution in [3.05, 3.63) is 98.1 Å². The third-order valence-electron chi connectivity index (χ3n) is 4.83. The molecule has 0 spiro atoms. The maximum atomic E-state index is 13.6. The molecule has 1 amide bonds. The number of carbonyl (C=O) groups is 1. The molecular formula is C24H20BrClN4OS. The molecule has 0 bridgehead atoms. The van der Waals surface area contributed by atoms with Crippen LogP contribution in [0.3, 0.4) is 0 Å². The van der Waals surface area contributed by atoms with Crippen LogP contribution in [-0.2, 0) is 6.54 Å². The van der Waals surface area contributed by atoms with E-state index < -0.39 is 0 Å². The van der Waals surface area contributed by atoms with Crippen LogP contribution in [0.2, 0.25) is 5.02 Å². The van der Waals surface area contributed by atoms with Crippen molar-refractivity contribution >= 4 is 61.4 Å². The van der Waals surface area contributed by atoms with Gasteiger partial charge < -0.3 is 10.2 Å². The Bertz CT molecular complexity index is 1240. The van der Waals surface area contributed by atoms with Crippen molar-refractivity contribution < 1.29 is 4.79 Å². The number of aromatic nitrogens is 2. The lowest BCUT2D eigenvalue weighted by Gasteiger charge is -2.25. The number of halogens is 2. The first-order chi connectivity index (χ1) is 15.4. The van der Waals surface area contributed by atoms with Gasteiger partial charge in [-0.3, -0.25) is 4.79 Å². The van der Waals surface area contributed by atoms with Gasteiger partial charge in [-0.15, -0.1) is 0 Å². The van der Waals surface area contributed by atoms with Crippen molar-refractivity contribution in [1.82, 2.24) is 9.97 Å². The van der Waals surface area contributed by atoms with Crippen LogP contribution < -0.4 is 10.2 Å². The number of nitrogens with zero attached hydrogens (tertiary/aromatic N) is 3. The number of anilines is 3. The molecule has 5 nitrogen and oxygen atoms in total. The van der Waals surface area contributed by atoms with Crippen LogP contribution in [0.1, 0.15) is 26.4 Å². The van der Waals surface area contributed by atoms with Crippen LogP contribution in [0.5, 0.6) is 0 Å². The number of aryl methyl sites for hydroxylation is 2. The Hall–Kier alpha value is -2.74. The van der Waals surface area contributed by atoms with Crippen molar-refractivity contribution in [2.45, 2.75) is 20.4 Å². The zero-order chi connectivity index (χ0) is 22.7. The first-order valence-corrected chi connectivity index (χ1v) is 11.9. The maximum absolute atomic E-state index is 13.6. The number of pyridine rings is 1. The van der Waals surface area contributed by atoms with Crippen molar-refractivity contribution in [2.75, 3.05) is 10.2 Å². The molecule has 4 rings (SSSR count). The summed E-state index contributed by atoms with van der Waals surface area (Å²) >= 11 is 11.2. The van der Waals surface area contributed by atoms with Crippen molar-refractivity contribution in [3.63, 3.8) is 0 Å². The highest BCUT2D eigenvalue weighted by Crippen LogP contribution is 2.33. The van der Waals surface area contributed by atoms with Crippen LogP contribution in [0.25, 0.3) is 0 Å². The van der Waals surface area contributed by atoms with E-state index in [1.54, 1.807) is 17.2 Å². The number of para-hydroxylation sites is 1. The van der Waals surface area contributed by atoms with E-state index in [1.807, 2.05) is 68.4 Å². The Morgan fingerprint density at radius 2 is 1.84 bits per heavy atom. The highest BCUT2D eigenvalue weighted by Gasteiger charge is 2.24. The zero-order valence-corrected chi connectivity index (χ0v) is 20.6. The minimum Gasteiger partial charge on any atom is -0.316 e. The second kappa shape index (κ2) is 9.81. The van der Waals surface area contributed by atoms with Gasteiger partial charge >= 0.3 is 0 Å². The van der Waals surface area contributed by atoms with Gasteiger partial charge in [-0.1, -0.05) is 71.0 Å². The lowest BCUT2D eigenvalue weighted by Crippen LogP contribution is -2.30. The monoisotopic (exact) mass is 526 g/mol. The molecule has 2 aromatic carbocycles. The van der Waals surface area contributed by atoms with Crippen molar-refractivity contribution in [2.24, 2.45) is 0 Å². The molecule has 0 saturated heterocycles. The van der Waals surface area contributed by atoms with Gasteiger partial charge in [-0.2, -0.15) is 0 Å². The normalized spacial score (nSPS) is 10.8. The fraction of sp³-hybridized carbons (Fsp3) is 0.125. The standard InChI is InChI=1S/C24H20BrClN4OS/c1-15-9-11-17(12-10-15)14-30(22-16(2)5-3-6-18(22)26)23(31)19-13-27-24(32-19)29-21-8-4-7-20(25)28-21/h3-13H,14H2,1-2H3,(H,27,28,29). The summed E-state index contributed by atoms with van der Waals surface area (Å²) in [6.07, 6.45) is 1.58. The van der Waals surface area contributed by atoms with Gasteiger partial charge in [0.25, 0.3) is 5.91 Å². The van der Waals surface area contributed by atoms with Crippen molar-refractivity contribution in [1.29, 1.82) is 0 Å². The molecule has 0 aliphatic carbocycles. The minimum atomic E-state index is -0.158. The summed E-state index contributed by atoms with van der Waals surface area (Å²) in [5.74, 6) is 0.487. The molecule has 0 atom stereocenters. The maximum Gasteiger partial charge on any atom is 0.270 e. The summed E-state index contributed by atoms with van der Waals surface area (Å²) in [5, 5.41) is 4.27. The molecule has 4 aromatic rings. The molecule has 0 aliphatic heterocycles. The smallest absolute Gasteiger partial charge is 0.270 e. The van der Waals surface area contributed by atoms with Gasteiger partial charge in [0, 0.05) is 0 Å². The Morgan fingerprint density at radius 1 is 1.09 bits per heavy atom. The summed E-state index contributed by atoms with van der Waals surface area (Å²) in [5.41, 5.74) is 3.82. The van der Waals surface area contributed by atoms with Gasteiger partial charge in [-0.05, 0) is 59.1 Å². The summed E-state index contributed by atoms with van der Waals surface area (Å²) in [6, 6.07) is 19.3. The molecule has 2 aromatic heterocycles. The minimum absolute atomic E-state index is 0.158. The molecule has 32 heavy (non-hydrogen) atoms. The lowest BCUT2D eigenvalue weighted by atomic mass is 10.1. The van der Waals surface area contributed by atoms with Crippen LogP contribution in [0, 0.1) is 13.8 Å². The third kappa shape index (κ3) is 5.18. The molecule has 162 valence electrons. The zero-order valence-electron chi connectivity index (χ0n) is 17.5. The highest BCUT2D eigenvalue weighted by molar-refractivity contribution is 9.10. The second-order valence-electron chi connectivity index (χ2n) is 7.28. The molecule has 0 unspecified atom stereocenters. The first-order valence-electron chi connectivity index (χ1n) is 9.88. The molecule has 1 N–H and O–H groups in total. The van der Waals surface area contributed by atoms with E-state index in [0.29, 0.717) is 37.7 Å². The van der Waals surface area contributed by atoms with E-state index >= 15 is 0 Å². The fourth-order valence-corrected chi connectivity index (χ4v) is 4.68. The Kier molecular flexibility index (Phi) is 6.89. The van der Waals surface area contributed by atoms with Gasteiger partial charge in [0.1, 0.15) is 15.3 Å². The van der Waals surface area contributed by atoms with Gasteiger partial charge in [0.05, 0.1) is 23.5 Å². The van der Waals surface area contributed by atoms with Crippen LogP contribution in [-0.4, -0.2) is 15.9 Å². The number of hydrogen-bond donors (Lipinski definition) is 1. The molecule has 0 aliphatic rings. The summed E-state index contributed by atoms with van der Waals surface area (Å²) in [7, 11) is 0. The van der Waals surface area contributed by atoms with Crippen molar-refractivity contribution in [3.8, 4) is 0 Å². The van der Waals surface area contributed by atoms with E-state index in [9.17, 15) is 4.79 Å². The predicted molar refractivity (Wildman–Crippen MR) is 135 cm³/mol. The highest BCUT2D eigenvalue weighted by atomic mass is 79.9. The first kappa shape index (κ1) is 22.5. The summed E-state index contributed by atoms with van der Waals surface area (Å²) in [6.45, 7) is 4.39. The summed E-state index contributed by atoms with van der Waals surface area (Å²) in [4.78, 5) is 24.6. The molecule has 0 fully saturated rings. The van der Waals surface area contributed by atoms with Gasteiger partial charge in [0.2, 0.25) is 0 Å². The molecule has 8 heteroatoms. The number of benzene rings is 2. The lowest BCUT2D eigenvalue weighted by molar-refractivity contribution is 0.0988. The Labute approximate surface area is 204 Å². The average Bonchev–Trinajstić information content (AvgIpc) is 3.22. The molecular weight excluding hydrogens is 508 g/mol. The number of carbonyl (C=O) groups excluding carboxylic acids is 1. The number of hydrogen-bond acceptors (Lipinski definition) is 5. The van der Waals surface area contributed by atoms with E-state index in [1.165, 1.54) is 16.9 Å². The SMILES string of the molecule is Cc1ccc(CN(C(=O)c2cnc(Nc3cccc(Br)n3)s2)c2c(C)cccc2Cl)cc1. The van der Waals surface area contributed by atoms with E-state index in [0.717, 1.165) is 11.1 Å². The number of rotatable bonds is 6. The number of nitrogens with one attached hydrogen (secondary N) is 1. The van der Waals surface area contributed by atoms with E-state index in [-0.39, 0.29) is 5.91 Å². The largest absolute Gasteiger partial charge is 0.316 e. The predicted octanol–water partition coefficient (Wildman–Crippen LogP) is 7.16. The third-order valence-corrected chi connectivity index (χ3v) is 6.48. The quantitative estimate of drug-likeness (QED) is 0.270.